The van der Waals surface area contributed by atoms with Gasteiger partial charge in [-0.15, -0.1) is 0 Å². The van der Waals surface area contributed by atoms with Crippen LogP contribution in [-0.4, -0.2) is 18.9 Å². The van der Waals surface area contributed by atoms with E-state index in [1.807, 2.05) is 0 Å². The van der Waals surface area contributed by atoms with Gasteiger partial charge in [-0.25, -0.2) is 4.79 Å². The molecule has 0 saturated carbocycles. The molecule has 0 aliphatic carbocycles. The molecule has 0 amide bonds. The minimum atomic E-state index is -0.483. The quantitative estimate of drug-likeness (QED) is 0.393. The van der Waals surface area contributed by atoms with Gasteiger partial charge in [-0.2, -0.15) is 0 Å². The fourth-order valence-electron chi connectivity index (χ4n) is 0.862. The third-order valence-electron chi connectivity index (χ3n) is 1.52. The van der Waals surface area contributed by atoms with Gasteiger partial charge < -0.3 is 10.5 Å². The first-order valence-corrected chi connectivity index (χ1v) is 3.59. The number of esters is 1. The van der Waals surface area contributed by atoms with E-state index in [0.29, 0.717) is 5.56 Å². The van der Waals surface area contributed by atoms with Crippen molar-refractivity contribution in [2.75, 3.05) is 7.11 Å². The van der Waals surface area contributed by atoms with Crippen LogP contribution in [0.5, 0.6) is 0 Å². The van der Waals surface area contributed by atoms with Crippen LogP contribution in [0.1, 0.15) is 15.9 Å². The topological polar surface area (TPSA) is 76.2 Å². The lowest BCUT2D eigenvalue weighted by atomic mass is 10.1. The molecule has 0 heterocycles. The van der Waals surface area contributed by atoms with E-state index in [2.05, 4.69) is 10.8 Å². The highest BCUT2D eigenvalue weighted by Crippen LogP contribution is 2.04. The summed E-state index contributed by atoms with van der Waals surface area (Å²) < 4.78 is 4.49. The van der Waals surface area contributed by atoms with Crippen LogP contribution in [0.4, 0.5) is 0 Å². The van der Waals surface area contributed by atoms with E-state index in [-0.39, 0.29) is 11.4 Å². The van der Waals surface area contributed by atoms with E-state index in [0.717, 1.165) is 0 Å². The Morgan fingerprint density at radius 2 is 2.38 bits per heavy atom. The highest BCUT2D eigenvalue weighted by Gasteiger charge is 2.06. The molecule has 0 aromatic heterocycles. The van der Waals surface area contributed by atoms with E-state index in [4.69, 9.17) is 11.1 Å². The van der Waals surface area contributed by atoms with Gasteiger partial charge in [-0.05, 0) is 12.1 Å². The summed E-state index contributed by atoms with van der Waals surface area (Å²) in [6.45, 7) is 0. The van der Waals surface area contributed by atoms with Crippen LogP contribution in [-0.2, 0) is 4.74 Å². The number of nitrogens with one attached hydrogen (secondary N) is 1. The summed E-state index contributed by atoms with van der Waals surface area (Å²) in [6, 6.07) is 7.29. The van der Waals surface area contributed by atoms with Crippen LogP contribution < -0.4 is 5.73 Å². The molecule has 0 aliphatic rings. The van der Waals surface area contributed by atoms with Crippen molar-refractivity contribution < 1.29 is 9.53 Å². The highest BCUT2D eigenvalue weighted by molar-refractivity contribution is 5.98. The molecule has 0 aliphatic heterocycles. The maximum Gasteiger partial charge on any atom is 0.338 e. The SMILES string of the molecule is COC(=O)c1[c]ccc(C(=N)N)c1. The van der Waals surface area contributed by atoms with E-state index in [9.17, 15) is 4.79 Å². The monoisotopic (exact) mass is 177 g/mol. The van der Waals surface area contributed by atoms with E-state index >= 15 is 0 Å². The van der Waals surface area contributed by atoms with Gasteiger partial charge in [0.1, 0.15) is 5.84 Å². The average molecular weight is 177 g/mol. The predicted octanol–water partition coefficient (Wildman–Crippen LogP) is 0.557. The van der Waals surface area contributed by atoms with Gasteiger partial charge in [0.2, 0.25) is 0 Å². The van der Waals surface area contributed by atoms with Crippen LogP contribution in [0.25, 0.3) is 0 Å². The summed E-state index contributed by atoms with van der Waals surface area (Å²) in [5.74, 6) is -0.567. The predicted molar refractivity (Wildman–Crippen MR) is 47.6 cm³/mol. The molecule has 1 radical (unpaired) electrons. The van der Waals surface area contributed by atoms with Crippen LogP contribution in [0, 0.1) is 11.5 Å². The molecule has 1 rings (SSSR count). The van der Waals surface area contributed by atoms with Crippen molar-refractivity contribution in [1.82, 2.24) is 0 Å². The Bertz CT molecular complexity index is 347. The number of ether oxygens (including phenoxy) is 1. The van der Waals surface area contributed by atoms with Crippen molar-refractivity contribution in [3.8, 4) is 0 Å². The molecular formula is C9H9N2O2. The molecule has 1 aromatic carbocycles. The lowest BCUT2D eigenvalue weighted by Gasteiger charge is -2.00. The first kappa shape index (κ1) is 9.25. The van der Waals surface area contributed by atoms with Gasteiger partial charge in [-0.1, -0.05) is 12.1 Å². The second kappa shape index (κ2) is 3.71. The fourth-order valence-corrected chi connectivity index (χ4v) is 0.862. The maximum absolute atomic E-state index is 11.0. The summed E-state index contributed by atoms with van der Waals surface area (Å²) in [7, 11) is 1.29. The van der Waals surface area contributed by atoms with Crippen molar-refractivity contribution >= 4 is 11.8 Å². The van der Waals surface area contributed by atoms with Crippen molar-refractivity contribution in [3.05, 3.63) is 35.4 Å². The summed E-state index contributed by atoms with van der Waals surface area (Å²) >= 11 is 0. The van der Waals surface area contributed by atoms with E-state index in [1.54, 1.807) is 6.07 Å². The van der Waals surface area contributed by atoms with E-state index in [1.165, 1.54) is 19.2 Å². The molecule has 13 heavy (non-hydrogen) atoms. The molecule has 3 N–H and O–H groups in total. The van der Waals surface area contributed by atoms with Gasteiger partial charge in [0.25, 0.3) is 0 Å². The smallest absolute Gasteiger partial charge is 0.338 e. The van der Waals surface area contributed by atoms with Gasteiger partial charge in [0.05, 0.1) is 12.7 Å². The Morgan fingerprint density at radius 3 is 2.92 bits per heavy atom. The zero-order valence-corrected chi connectivity index (χ0v) is 7.13. The second-order valence-electron chi connectivity index (χ2n) is 2.40. The molecule has 67 valence electrons. The number of nitrogens with two attached hydrogens (primary N) is 1. The molecule has 0 saturated heterocycles. The lowest BCUT2D eigenvalue weighted by Crippen LogP contribution is -2.12. The molecule has 1 aromatic rings. The number of hydrogen-bond donors (Lipinski definition) is 2. The first-order chi connectivity index (χ1) is 6.15. The van der Waals surface area contributed by atoms with Gasteiger partial charge in [0, 0.05) is 5.56 Å². The Balaban J connectivity index is 3.05. The minimum absolute atomic E-state index is 0.0841. The van der Waals surface area contributed by atoms with Crippen LogP contribution in [0.15, 0.2) is 18.2 Å². The highest BCUT2D eigenvalue weighted by atomic mass is 16.5. The normalized spacial score (nSPS) is 9.31. The number of methoxy groups -OCH3 is 1. The average Bonchev–Trinajstić information content (AvgIpc) is 2.17. The van der Waals surface area contributed by atoms with Gasteiger partial charge >= 0.3 is 5.97 Å². The molecule has 4 nitrogen and oxygen atoms in total. The van der Waals surface area contributed by atoms with Crippen molar-refractivity contribution in [2.45, 2.75) is 0 Å². The number of carbonyl (C=O) groups excluding carboxylic acids is 1. The van der Waals surface area contributed by atoms with Gasteiger partial charge in [0.15, 0.2) is 0 Å². The Kier molecular flexibility index (Phi) is 2.64. The summed E-state index contributed by atoms with van der Waals surface area (Å²) in [4.78, 5) is 11.0. The number of nitrogen functional groups attached to an aromatic ring is 1. The molecule has 0 atom stereocenters. The van der Waals surface area contributed by atoms with Crippen molar-refractivity contribution in [3.63, 3.8) is 0 Å². The van der Waals surface area contributed by atoms with Crippen molar-refractivity contribution in [1.29, 1.82) is 5.41 Å². The second-order valence-corrected chi connectivity index (χ2v) is 2.40. The largest absolute Gasteiger partial charge is 0.465 e. The zero-order valence-electron chi connectivity index (χ0n) is 7.13. The summed E-state index contributed by atoms with van der Waals surface area (Å²) in [6.07, 6.45) is 0. The summed E-state index contributed by atoms with van der Waals surface area (Å²) in [5.41, 5.74) is 6.00. The molecule has 0 fully saturated rings. The van der Waals surface area contributed by atoms with Crippen molar-refractivity contribution in [2.24, 2.45) is 5.73 Å². The molecule has 0 unspecified atom stereocenters. The van der Waals surface area contributed by atoms with Crippen LogP contribution >= 0.6 is 0 Å². The Hall–Kier alpha value is -1.84. The molecule has 0 bridgehead atoms. The standard InChI is InChI=1S/C9H9N2O2/c1-13-9(12)7-4-2-3-6(5-7)8(10)11/h2-3,5H,1H3,(H3,10,11). The fraction of sp³-hybridized carbons (Fsp3) is 0.111. The number of carbonyl (C=O) groups is 1. The van der Waals surface area contributed by atoms with Gasteiger partial charge in [-0.3, -0.25) is 5.41 Å². The first-order valence-electron chi connectivity index (χ1n) is 3.59. The van der Waals surface area contributed by atoms with E-state index < -0.39 is 5.97 Å². The Morgan fingerprint density at radius 1 is 1.69 bits per heavy atom. The number of hydrogen-bond acceptors (Lipinski definition) is 3. The minimum Gasteiger partial charge on any atom is -0.465 e. The summed E-state index contributed by atoms with van der Waals surface area (Å²) in [5, 5.41) is 7.14. The maximum atomic E-state index is 11.0. The van der Waals surface area contributed by atoms with Crippen LogP contribution in [0.3, 0.4) is 0 Å². The number of benzene rings is 1. The number of amidine groups is 1. The van der Waals surface area contributed by atoms with Crippen LogP contribution in [0.2, 0.25) is 0 Å². The number of rotatable bonds is 2. The third-order valence-corrected chi connectivity index (χ3v) is 1.52. The molecule has 4 heteroatoms. The third kappa shape index (κ3) is 2.05. The molecular weight excluding hydrogens is 168 g/mol. The molecule has 0 spiro atoms. The lowest BCUT2D eigenvalue weighted by molar-refractivity contribution is 0.0600. The Labute approximate surface area is 75.8 Å². The zero-order chi connectivity index (χ0) is 9.84.